The molecule has 1 aromatic heterocycles. The van der Waals surface area contributed by atoms with Crippen LogP contribution in [0.4, 0.5) is 17.1 Å². The first kappa shape index (κ1) is 33.6. The molecule has 3 heteroatoms. The maximum absolute atomic E-state index is 2.61. The van der Waals surface area contributed by atoms with Crippen LogP contribution in [0.3, 0.4) is 0 Å². The van der Waals surface area contributed by atoms with E-state index in [4.69, 9.17) is 0 Å². The Morgan fingerprint density at radius 2 is 1.05 bits per heavy atom. The van der Waals surface area contributed by atoms with Crippen LogP contribution in [0.1, 0.15) is 47.2 Å². The normalized spacial score (nSPS) is 14.8. The summed E-state index contributed by atoms with van der Waals surface area (Å²) in [5.41, 5.74) is 16.3. The minimum absolute atomic E-state index is 0.213. The number of thiophene rings is 1. The van der Waals surface area contributed by atoms with Crippen LogP contribution in [0.5, 0.6) is 0 Å². The lowest BCUT2D eigenvalue weighted by Crippen LogP contribution is -2.32. The maximum Gasteiger partial charge on any atom is 0.0736 e. The van der Waals surface area contributed by atoms with Gasteiger partial charge in [0.25, 0.3) is 0 Å². The Morgan fingerprint density at radius 3 is 1.85 bits per heavy atom. The van der Waals surface area contributed by atoms with Gasteiger partial charge in [-0.25, -0.2) is 0 Å². The molecule has 3 aliphatic rings. The van der Waals surface area contributed by atoms with Gasteiger partial charge in [0.1, 0.15) is 0 Å². The van der Waals surface area contributed by atoms with Gasteiger partial charge >= 0.3 is 0 Å². The number of hydrogen-bond acceptors (Lipinski definition) is 3. The van der Waals surface area contributed by atoms with Gasteiger partial charge in [-0.15, -0.1) is 11.3 Å². The van der Waals surface area contributed by atoms with E-state index in [1.165, 1.54) is 108 Å². The van der Waals surface area contributed by atoms with Gasteiger partial charge in [0.15, 0.2) is 0 Å². The Bertz CT molecular complexity index is 3380. The van der Waals surface area contributed by atoms with Crippen molar-refractivity contribution in [1.82, 2.24) is 0 Å². The predicted octanol–water partition coefficient (Wildman–Crippen LogP) is 15.8. The van der Waals surface area contributed by atoms with Crippen LogP contribution < -0.4 is 4.90 Å². The molecule has 0 radical (unpaired) electrons. The Kier molecular flexibility index (Phi) is 6.87. The number of nitrogens with zero attached hydrogens (tertiary/aromatic N) is 1. The number of hydrogen-bond donors (Lipinski definition) is 0. The third-order valence-electron chi connectivity index (χ3n) is 13.5. The molecule has 1 aliphatic heterocycles. The molecule has 59 heavy (non-hydrogen) atoms. The molecule has 1 nitrogen and oxygen atoms in total. The molecule has 9 aromatic carbocycles. The topological polar surface area (TPSA) is 3.24 Å². The largest absolute Gasteiger partial charge is 0.309 e. The van der Waals surface area contributed by atoms with E-state index in [9.17, 15) is 0 Å². The lowest BCUT2D eigenvalue weighted by molar-refractivity contribution is 0.661. The zero-order chi connectivity index (χ0) is 39.0. The van der Waals surface area contributed by atoms with Crippen molar-refractivity contribution in [3.05, 3.63) is 221 Å². The van der Waals surface area contributed by atoms with Crippen LogP contribution in [0, 0.1) is 0 Å². The molecule has 0 fully saturated rings. The highest BCUT2D eigenvalue weighted by molar-refractivity contribution is 7.99. The molecule has 0 saturated heterocycles. The van der Waals surface area contributed by atoms with Gasteiger partial charge in [-0.1, -0.05) is 171 Å². The van der Waals surface area contributed by atoms with Crippen molar-refractivity contribution in [1.29, 1.82) is 0 Å². The van der Waals surface area contributed by atoms with Crippen molar-refractivity contribution in [3.63, 3.8) is 0 Å². The Balaban J connectivity index is 1.15. The summed E-state index contributed by atoms with van der Waals surface area (Å²) in [6.07, 6.45) is 0. The zero-order valence-corrected chi connectivity index (χ0v) is 34.3. The summed E-state index contributed by atoms with van der Waals surface area (Å²) < 4.78 is 2.64. The summed E-state index contributed by atoms with van der Waals surface area (Å²) in [5.74, 6) is 0. The van der Waals surface area contributed by atoms with E-state index in [1.54, 1.807) is 0 Å². The van der Waals surface area contributed by atoms with E-state index in [-0.39, 0.29) is 5.41 Å². The standard InChI is InChI=1S/C56H37NS2/c1-55(2)42-21-8-5-19-39(42)40-20-13-26-48(53(40)55)57(47-25-14-28-51-52(47)41-31-29-34-15-3-4-16-36(34)54(41)59-51)35-30-32-50-46(33-35)56(45-24-11-12-27-49(45)58-50)43-22-9-6-17-37(43)38-18-7-10-23-44(38)56/h3-33H,1-2H3. The lowest BCUT2D eigenvalue weighted by Gasteiger charge is -2.40. The van der Waals surface area contributed by atoms with Crippen LogP contribution >= 0.6 is 23.1 Å². The van der Waals surface area contributed by atoms with E-state index in [1.807, 2.05) is 23.1 Å². The van der Waals surface area contributed by atoms with Gasteiger partial charge in [0.05, 0.1) is 16.8 Å². The predicted molar refractivity (Wildman–Crippen MR) is 251 cm³/mol. The van der Waals surface area contributed by atoms with Crippen LogP contribution in [0.2, 0.25) is 0 Å². The highest BCUT2D eigenvalue weighted by Gasteiger charge is 2.50. The first-order valence-electron chi connectivity index (χ1n) is 20.5. The van der Waals surface area contributed by atoms with Crippen LogP contribution in [0.25, 0.3) is 53.2 Å². The number of anilines is 3. The molecular weight excluding hydrogens is 751 g/mol. The number of rotatable bonds is 3. The molecule has 0 amide bonds. The van der Waals surface area contributed by atoms with Crippen molar-refractivity contribution in [3.8, 4) is 22.3 Å². The van der Waals surface area contributed by atoms with E-state index in [0.717, 1.165) is 5.69 Å². The van der Waals surface area contributed by atoms with Crippen molar-refractivity contribution in [2.45, 2.75) is 34.5 Å². The average molecular weight is 788 g/mol. The SMILES string of the molecule is CC1(C)c2ccccc2-c2cccc(N(c3ccc4c(c3)C3(c5ccccc5S4)c4ccccc4-c4ccccc43)c3cccc4sc5c6ccccc6ccc5c34)c21. The van der Waals surface area contributed by atoms with E-state index >= 15 is 0 Å². The van der Waals surface area contributed by atoms with Gasteiger partial charge < -0.3 is 4.90 Å². The average Bonchev–Trinajstić information content (AvgIpc) is 3.89. The first-order chi connectivity index (χ1) is 29.0. The van der Waals surface area contributed by atoms with Crippen molar-refractivity contribution in [2.24, 2.45) is 0 Å². The Morgan fingerprint density at radius 1 is 0.441 bits per heavy atom. The Labute approximate surface area is 352 Å². The van der Waals surface area contributed by atoms with Gasteiger partial charge in [0.2, 0.25) is 0 Å². The van der Waals surface area contributed by atoms with E-state index in [0.29, 0.717) is 0 Å². The molecule has 0 atom stereocenters. The smallest absolute Gasteiger partial charge is 0.0736 e. The monoisotopic (exact) mass is 787 g/mol. The quantitative estimate of drug-likeness (QED) is 0.175. The summed E-state index contributed by atoms with van der Waals surface area (Å²) in [6.45, 7) is 4.82. The third-order valence-corrected chi connectivity index (χ3v) is 15.8. The summed E-state index contributed by atoms with van der Waals surface area (Å²) in [5, 5.41) is 5.19. The van der Waals surface area contributed by atoms with E-state index in [2.05, 4.69) is 207 Å². The fourth-order valence-electron chi connectivity index (χ4n) is 11.1. The Hall–Kier alpha value is -6.39. The fourth-order valence-corrected chi connectivity index (χ4v) is 13.5. The molecule has 0 N–H and O–H groups in total. The van der Waals surface area contributed by atoms with Crippen molar-refractivity contribution in [2.75, 3.05) is 4.90 Å². The second kappa shape index (κ2) is 12.1. The molecule has 1 spiro atoms. The summed E-state index contributed by atoms with van der Waals surface area (Å²) >= 11 is 3.82. The molecule has 0 bridgehead atoms. The minimum atomic E-state index is -0.472. The molecule has 2 aliphatic carbocycles. The number of benzene rings is 9. The van der Waals surface area contributed by atoms with Gasteiger partial charge in [0, 0.05) is 41.1 Å². The second-order valence-electron chi connectivity index (χ2n) is 16.7. The lowest BCUT2D eigenvalue weighted by atomic mass is 9.67. The van der Waals surface area contributed by atoms with Gasteiger partial charge in [-0.3, -0.25) is 0 Å². The minimum Gasteiger partial charge on any atom is -0.309 e. The van der Waals surface area contributed by atoms with Gasteiger partial charge in [-0.05, 0) is 109 Å². The highest BCUT2D eigenvalue weighted by atomic mass is 32.2. The molecule has 13 rings (SSSR count). The van der Waals surface area contributed by atoms with Crippen LogP contribution in [-0.4, -0.2) is 0 Å². The molecule has 0 unspecified atom stereocenters. The maximum atomic E-state index is 2.61. The summed E-state index contributed by atoms with van der Waals surface area (Å²) in [4.78, 5) is 5.23. The molecule has 2 heterocycles. The van der Waals surface area contributed by atoms with Crippen LogP contribution in [-0.2, 0) is 10.8 Å². The van der Waals surface area contributed by atoms with Crippen molar-refractivity contribution >= 4 is 71.1 Å². The third kappa shape index (κ3) is 4.36. The zero-order valence-electron chi connectivity index (χ0n) is 32.7. The summed E-state index contributed by atoms with van der Waals surface area (Å²) in [7, 11) is 0. The molecular formula is C56H37NS2. The molecule has 278 valence electrons. The fraction of sp³-hybridized carbons (Fsp3) is 0.0714. The van der Waals surface area contributed by atoms with Crippen LogP contribution in [0.15, 0.2) is 198 Å². The summed E-state index contributed by atoms with van der Waals surface area (Å²) in [6, 6.07) is 71.1. The van der Waals surface area contributed by atoms with E-state index < -0.39 is 5.41 Å². The second-order valence-corrected chi connectivity index (χ2v) is 18.9. The van der Waals surface area contributed by atoms with Crippen molar-refractivity contribution < 1.29 is 0 Å². The highest BCUT2D eigenvalue weighted by Crippen LogP contribution is 2.63. The first-order valence-corrected chi connectivity index (χ1v) is 22.1. The molecule has 0 saturated carbocycles. The number of fused-ring (bicyclic) bond motifs is 17. The molecule has 10 aromatic rings. The van der Waals surface area contributed by atoms with Gasteiger partial charge in [-0.2, -0.15) is 0 Å².